The summed E-state index contributed by atoms with van der Waals surface area (Å²) in [6.45, 7) is 6.00. The monoisotopic (exact) mass is 473 g/mol. The van der Waals surface area contributed by atoms with Crippen molar-refractivity contribution in [2.24, 2.45) is 11.8 Å². The average molecular weight is 474 g/mol. The van der Waals surface area contributed by atoms with Gasteiger partial charge in [-0.25, -0.2) is 9.18 Å². The van der Waals surface area contributed by atoms with E-state index in [2.05, 4.69) is 5.32 Å². The molecule has 1 N–H and O–H groups in total. The van der Waals surface area contributed by atoms with Crippen molar-refractivity contribution in [3.05, 3.63) is 88.5 Å². The molecule has 0 spiro atoms. The maximum Gasteiger partial charge on any atom is 0.331 e. The second-order valence-corrected chi connectivity index (χ2v) is 10.9. The second kappa shape index (κ2) is 8.78. The summed E-state index contributed by atoms with van der Waals surface area (Å²) in [5, 5.41) is 3.19. The van der Waals surface area contributed by atoms with E-state index in [1.807, 2.05) is 75.4 Å². The Morgan fingerprint density at radius 2 is 1.94 bits per heavy atom. The van der Waals surface area contributed by atoms with Crippen LogP contribution in [0.3, 0.4) is 0 Å². The van der Waals surface area contributed by atoms with E-state index < -0.39 is 17.1 Å². The summed E-state index contributed by atoms with van der Waals surface area (Å²) in [7, 11) is 0. The first-order valence-corrected chi connectivity index (χ1v) is 12.4. The Balaban J connectivity index is 1.25. The molecule has 4 atom stereocenters. The van der Waals surface area contributed by atoms with Gasteiger partial charge in [-0.1, -0.05) is 60.2 Å². The largest absolute Gasteiger partial charge is 0.458 e. The Kier molecular flexibility index (Phi) is 5.90. The fourth-order valence-electron chi connectivity index (χ4n) is 5.85. The number of fused-ring (bicyclic) bond motifs is 1. The molecule has 5 aliphatic rings. The lowest BCUT2D eigenvalue weighted by Gasteiger charge is -2.58. The number of hydrogen-bond donors (Lipinski definition) is 1. The van der Waals surface area contributed by atoms with Crippen LogP contribution in [0.2, 0.25) is 0 Å². The minimum absolute atomic E-state index is 0.0729. The Morgan fingerprint density at radius 1 is 1.17 bits per heavy atom. The van der Waals surface area contributed by atoms with Crippen LogP contribution < -0.4 is 5.32 Å². The topological polar surface area (TPSA) is 55.4 Å². The zero-order chi connectivity index (χ0) is 24.8. The summed E-state index contributed by atoms with van der Waals surface area (Å²) in [4.78, 5) is 25.6. The molecule has 0 aliphatic heterocycles. The molecule has 1 amide bonds. The predicted molar refractivity (Wildman–Crippen MR) is 134 cm³/mol. The third-order valence-corrected chi connectivity index (χ3v) is 7.89. The van der Waals surface area contributed by atoms with Crippen LogP contribution in [-0.4, -0.2) is 23.6 Å². The van der Waals surface area contributed by atoms with Crippen molar-refractivity contribution in [3.8, 4) is 0 Å². The van der Waals surface area contributed by atoms with Gasteiger partial charge in [0, 0.05) is 6.08 Å². The lowest BCUT2D eigenvalue weighted by Crippen LogP contribution is -2.60. The molecule has 0 aromatic heterocycles. The lowest BCUT2D eigenvalue weighted by atomic mass is 9.50. The first-order valence-electron chi connectivity index (χ1n) is 12.4. The molecule has 7 rings (SSSR count). The van der Waals surface area contributed by atoms with Crippen molar-refractivity contribution in [1.29, 1.82) is 0 Å². The Hall–Kier alpha value is -3.21. The summed E-state index contributed by atoms with van der Waals surface area (Å²) in [6, 6.07) is 15.3. The van der Waals surface area contributed by atoms with Gasteiger partial charge in [0.05, 0.1) is 11.5 Å². The molecule has 3 fully saturated rings. The Morgan fingerprint density at radius 3 is 2.63 bits per heavy atom. The minimum Gasteiger partial charge on any atom is -0.458 e. The fraction of sp³-hybridized carbons (Fsp3) is 0.400. The zero-order valence-electron chi connectivity index (χ0n) is 20.5. The quantitative estimate of drug-likeness (QED) is 0.324. The highest BCUT2D eigenvalue weighted by molar-refractivity contribution is 5.89. The number of alkyl halides is 1. The molecule has 1 unspecified atom stereocenters. The van der Waals surface area contributed by atoms with Crippen molar-refractivity contribution in [3.63, 3.8) is 0 Å². The van der Waals surface area contributed by atoms with E-state index in [9.17, 15) is 14.0 Å². The van der Waals surface area contributed by atoms with Crippen LogP contribution in [0.5, 0.6) is 0 Å². The summed E-state index contributed by atoms with van der Waals surface area (Å²) in [6.07, 6.45) is 7.27. The Labute approximate surface area is 206 Å². The number of halogens is 1. The van der Waals surface area contributed by atoms with E-state index in [4.69, 9.17) is 4.74 Å². The van der Waals surface area contributed by atoms with Crippen molar-refractivity contribution in [2.75, 3.05) is 0 Å². The number of ether oxygens (including phenoxy) is 1. The SMILES string of the molecule is Cc1cc(/C=C/C(=O)OCc2ccccc2)cc(C(C)(C)C(=O)N[C@H]2C=C3C4C[C@H]2C[C@]3(F)C4)c1. The molecule has 35 heavy (non-hydrogen) atoms. The van der Waals surface area contributed by atoms with Crippen LogP contribution >= 0.6 is 0 Å². The van der Waals surface area contributed by atoms with E-state index in [0.29, 0.717) is 18.8 Å². The van der Waals surface area contributed by atoms with Gasteiger partial charge in [-0.3, -0.25) is 4.79 Å². The van der Waals surface area contributed by atoms with Gasteiger partial charge >= 0.3 is 5.97 Å². The summed E-state index contributed by atoms with van der Waals surface area (Å²) in [5.74, 6) is 0.0635. The van der Waals surface area contributed by atoms with E-state index in [0.717, 1.165) is 34.2 Å². The van der Waals surface area contributed by atoms with E-state index in [1.165, 1.54) is 6.08 Å². The van der Waals surface area contributed by atoms with Gasteiger partial charge in [0.15, 0.2) is 0 Å². The number of rotatable bonds is 7. The van der Waals surface area contributed by atoms with Gasteiger partial charge in [-0.15, -0.1) is 0 Å². The van der Waals surface area contributed by atoms with Gasteiger partial charge < -0.3 is 10.1 Å². The molecule has 2 aromatic rings. The normalized spacial score (nSPS) is 26.7. The molecule has 0 heterocycles. The second-order valence-electron chi connectivity index (χ2n) is 10.9. The number of allylic oxidation sites excluding steroid dienone is 1. The highest BCUT2D eigenvalue weighted by Gasteiger charge is 2.59. The molecule has 5 aliphatic carbocycles. The van der Waals surface area contributed by atoms with E-state index >= 15 is 0 Å². The summed E-state index contributed by atoms with van der Waals surface area (Å²) >= 11 is 0. The Bertz CT molecular complexity index is 1220. The third-order valence-electron chi connectivity index (χ3n) is 7.89. The molecule has 4 bridgehead atoms. The van der Waals surface area contributed by atoms with Crippen molar-refractivity contribution < 1.29 is 18.7 Å². The zero-order valence-corrected chi connectivity index (χ0v) is 20.5. The number of carbonyl (C=O) groups excluding carboxylic acids is 2. The van der Waals surface area contributed by atoms with E-state index in [-0.39, 0.29) is 24.5 Å². The molecule has 3 saturated carbocycles. The third kappa shape index (κ3) is 4.56. The molecule has 2 aromatic carbocycles. The van der Waals surface area contributed by atoms with Crippen LogP contribution in [-0.2, 0) is 26.3 Å². The minimum atomic E-state index is -1.11. The van der Waals surface area contributed by atoms with Gasteiger partial charge in [0.25, 0.3) is 0 Å². The number of aryl methyl sites for hydroxylation is 1. The lowest BCUT2D eigenvalue weighted by molar-refractivity contribution is -0.138. The van der Waals surface area contributed by atoms with Crippen LogP contribution in [0.1, 0.15) is 55.4 Å². The summed E-state index contributed by atoms with van der Waals surface area (Å²) < 4.78 is 20.1. The molecule has 4 nitrogen and oxygen atoms in total. The highest BCUT2D eigenvalue weighted by atomic mass is 19.1. The number of benzene rings is 2. The van der Waals surface area contributed by atoms with Crippen molar-refractivity contribution in [2.45, 2.75) is 63.8 Å². The number of esters is 1. The fourth-order valence-corrected chi connectivity index (χ4v) is 5.85. The maximum atomic E-state index is 14.8. The van der Waals surface area contributed by atoms with Crippen LogP contribution in [0.4, 0.5) is 4.39 Å². The number of carbonyl (C=O) groups is 2. The van der Waals surface area contributed by atoms with Gasteiger partial charge in [-0.05, 0) is 80.2 Å². The predicted octanol–water partition coefficient (Wildman–Crippen LogP) is 5.59. The molecule has 182 valence electrons. The van der Waals surface area contributed by atoms with Crippen LogP contribution in [0.15, 0.2) is 66.3 Å². The van der Waals surface area contributed by atoms with Gasteiger partial charge in [0.1, 0.15) is 12.3 Å². The van der Waals surface area contributed by atoms with Gasteiger partial charge in [-0.2, -0.15) is 0 Å². The summed E-state index contributed by atoms with van der Waals surface area (Å²) in [5.41, 5.74) is 2.64. The van der Waals surface area contributed by atoms with Gasteiger partial charge in [0.2, 0.25) is 5.91 Å². The molecular weight excluding hydrogens is 441 g/mol. The van der Waals surface area contributed by atoms with Crippen LogP contribution in [0, 0.1) is 18.8 Å². The molecular formula is C30H32FNO3. The van der Waals surface area contributed by atoms with Crippen LogP contribution in [0.25, 0.3) is 6.08 Å². The van der Waals surface area contributed by atoms with Crippen molar-refractivity contribution >= 4 is 18.0 Å². The standard InChI is InChI=1S/C30H32FNO3/c1-19-11-21(9-10-27(33)35-18-20-7-5-4-6-8-20)13-24(12-19)29(2,3)28(34)32-26-15-25-22-14-23(26)17-30(25,31)16-22/h4-13,15,22-23,26H,14,16-18H2,1-3H3,(H,32,34)/b10-9+/t22?,23-,26-,30+/m0/s1. The van der Waals surface area contributed by atoms with Crippen molar-refractivity contribution in [1.82, 2.24) is 5.32 Å². The molecule has 0 radical (unpaired) electrons. The first kappa shape index (κ1) is 23.5. The number of nitrogens with one attached hydrogen (secondary N) is 1. The highest BCUT2D eigenvalue weighted by Crippen LogP contribution is 2.61. The molecule has 0 saturated heterocycles. The number of amides is 1. The first-order chi connectivity index (χ1) is 16.6. The van der Waals surface area contributed by atoms with E-state index in [1.54, 1.807) is 6.08 Å². The molecule has 5 heteroatoms. The number of hydrogen-bond acceptors (Lipinski definition) is 3. The smallest absolute Gasteiger partial charge is 0.331 e. The maximum absolute atomic E-state index is 14.8. The average Bonchev–Trinajstić information content (AvgIpc) is 2.83.